The maximum Gasteiger partial charge on any atom is 0.340 e. The van der Waals surface area contributed by atoms with Crippen molar-refractivity contribution in [1.29, 1.82) is 0 Å². The molecule has 0 fully saturated rings. The van der Waals surface area contributed by atoms with Gasteiger partial charge < -0.3 is 10.1 Å². The Morgan fingerprint density at radius 3 is 2.67 bits per heavy atom. The van der Waals surface area contributed by atoms with E-state index in [0.29, 0.717) is 11.0 Å². The smallest absolute Gasteiger partial charge is 0.340 e. The van der Waals surface area contributed by atoms with E-state index in [4.69, 9.17) is 4.74 Å². The Balaban J connectivity index is 1.68. The van der Waals surface area contributed by atoms with E-state index in [2.05, 4.69) is 15.4 Å². The Labute approximate surface area is 155 Å². The number of amides is 1. The van der Waals surface area contributed by atoms with Crippen LogP contribution in [0.2, 0.25) is 0 Å². The summed E-state index contributed by atoms with van der Waals surface area (Å²) >= 11 is 0. The molecule has 0 radical (unpaired) electrons. The fourth-order valence-corrected chi connectivity index (χ4v) is 2.52. The molecule has 0 saturated carbocycles. The second-order valence-electron chi connectivity index (χ2n) is 6.37. The van der Waals surface area contributed by atoms with Gasteiger partial charge in [-0.05, 0) is 45.0 Å². The van der Waals surface area contributed by atoms with Crippen molar-refractivity contribution in [1.82, 2.24) is 14.8 Å². The number of pyridine rings is 1. The van der Waals surface area contributed by atoms with Gasteiger partial charge in [0.05, 0.1) is 11.8 Å². The number of halogens is 1. The van der Waals surface area contributed by atoms with Crippen LogP contribution in [0.25, 0.3) is 11.0 Å². The summed E-state index contributed by atoms with van der Waals surface area (Å²) in [5, 5.41) is 7.45. The van der Waals surface area contributed by atoms with Gasteiger partial charge in [0.25, 0.3) is 5.91 Å². The van der Waals surface area contributed by atoms with E-state index in [1.807, 2.05) is 13.8 Å². The van der Waals surface area contributed by atoms with Gasteiger partial charge in [0.15, 0.2) is 11.8 Å². The highest BCUT2D eigenvalue weighted by molar-refractivity contribution is 5.98. The van der Waals surface area contributed by atoms with Crippen LogP contribution in [0.3, 0.4) is 0 Å². The molecule has 2 aromatic heterocycles. The largest absolute Gasteiger partial charge is 0.449 e. The topological polar surface area (TPSA) is 86.1 Å². The van der Waals surface area contributed by atoms with Gasteiger partial charge >= 0.3 is 5.97 Å². The molecular formula is C19H19FN4O3. The highest BCUT2D eigenvalue weighted by Gasteiger charge is 2.20. The number of nitrogens with zero attached hydrogens (tertiary/aromatic N) is 3. The Kier molecular flexibility index (Phi) is 5.16. The molecule has 0 aliphatic rings. The lowest BCUT2D eigenvalue weighted by molar-refractivity contribution is -0.123. The van der Waals surface area contributed by atoms with Gasteiger partial charge in [-0.2, -0.15) is 5.10 Å². The van der Waals surface area contributed by atoms with E-state index in [9.17, 15) is 14.0 Å². The first kappa shape index (κ1) is 18.5. The number of anilines is 1. The zero-order valence-corrected chi connectivity index (χ0v) is 15.1. The third-order valence-corrected chi connectivity index (χ3v) is 3.90. The predicted octanol–water partition coefficient (Wildman–Crippen LogP) is 3.34. The molecule has 7 nitrogen and oxygen atoms in total. The minimum absolute atomic E-state index is 0.138. The van der Waals surface area contributed by atoms with Crippen molar-refractivity contribution >= 4 is 28.6 Å². The lowest BCUT2D eigenvalue weighted by atomic mass is 10.2. The van der Waals surface area contributed by atoms with E-state index in [-0.39, 0.29) is 17.3 Å². The van der Waals surface area contributed by atoms with Crippen molar-refractivity contribution in [2.45, 2.75) is 32.9 Å². The summed E-state index contributed by atoms with van der Waals surface area (Å²) in [6.07, 6.45) is 1.96. The fraction of sp³-hybridized carbons (Fsp3) is 0.263. The normalized spacial score (nSPS) is 12.2. The number of fused-ring (bicyclic) bond motifs is 1. The van der Waals surface area contributed by atoms with E-state index >= 15 is 0 Å². The van der Waals surface area contributed by atoms with Crippen LogP contribution < -0.4 is 5.32 Å². The number of ether oxygens (including phenoxy) is 1. The Morgan fingerprint density at radius 2 is 1.96 bits per heavy atom. The molecule has 0 saturated heterocycles. The maximum atomic E-state index is 13.2. The summed E-state index contributed by atoms with van der Waals surface area (Å²) in [6, 6.07) is 7.22. The Morgan fingerprint density at radius 1 is 1.19 bits per heavy atom. The number of aromatic nitrogens is 3. The molecule has 1 amide bonds. The molecule has 1 aromatic carbocycles. The van der Waals surface area contributed by atoms with Gasteiger partial charge in [-0.3, -0.25) is 4.79 Å². The lowest BCUT2D eigenvalue weighted by Gasteiger charge is -2.13. The number of carbonyl (C=O) groups excluding carboxylic acids is 2. The first-order valence-corrected chi connectivity index (χ1v) is 8.46. The maximum absolute atomic E-state index is 13.2. The third-order valence-electron chi connectivity index (χ3n) is 3.90. The Hall–Kier alpha value is -3.29. The minimum atomic E-state index is -1.06. The standard InChI is InChI=1S/C19H19FN4O3/c1-11(2)24-17-13(10-22-24)7-14(9-21-17)19(26)27-12(3)18(25)23-16-6-4-5-15(20)8-16/h4-12H,1-3H3,(H,23,25)/t12-/m0/s1. The number of nitrogens with one attached hydrogen (secondary N) is 1. The van der Waals surface area contributed by atoms with Crippen LogP contribution >= 0.6 is 0 Å². The molecule has 2 heterocycles. The van der Waals surface area contributed by atoms with Crippen LogP contribution in [0.5, 0.6) is 0 Å². The monoisotopic (exact) mass is 370 g/mol. The summed E-state index contributed by atoms with van der Waals surface area (Å²) < 4.78 is 20.1. The van der Waals surface area contributed by atoms with E-state index in [1.54, 1.807) is 23.0 Å². The molecule has 8 heteroatoms. The molecular weight excluding hydrogens is 351 g/mol. The van der Waals surface area contributed by atoms with Crippen LogP contribution in [0, 0.1) is 5.82 Å². The number of benzene rings is 1. The van der Waals surface area contributed by atoms with Crippen molar-refractivity contribution in [2.75, 3.05) is 5.32 Å². The zero-order chi connectivity index (χ0) is 19.6. The summed E-state index contributed by atoms with van der Waals surface area (Å²) in [6.45, 7) is 5.40. The summed E-state index contributed by atoms with van der Waals surface area (Å²) in [4.78, 5) is 28.7. The second kappa shape index (κ2) is 7.53. The van der Waals surface area contributed by atoms with Crippen LogP contribution in [-0.2, 0) is 9.53 Å². The van der Waals surface area contributed by atoms with Crippen molar-refractivity contribution in [3.05, 3.63) is 54.1 Å². The number of carbonyl (C=O) groups is 2. The molecule has 140 valence electrons. The van der Waals surface area contributed by atoms with Gasteiger partial charge in [-0.1, -0.05) is 6.07 Å². The fourth-order valence-electron chi connectivity index (χ4n) is 2.52. The number of hydrogen-bond donors (Lipinski definition) is 1. The number of hydrogen-bond acceptors (Lipinski definition) is 5. The van der Waals surface area contributed by atoms with Crippen LogP contribution in [-0.4, -0.2) is 32.7 Å². The molecule has 27 heavy (non-hydrogen) atoms. The summed E-state index contributed by atoms with van der Waals surface area (Å²) in [5.41, 5.74) is 1.17. The van der Waals surface area contributed by atoms with Crippen LogP contribution in [0.1, 0.15) is 37.2 Å². The number of esters is 1. The van der Waals surface area contributed by atoms with Gasteiger partial charge in [0.1, 0.15) is 5.82 Å². The minimum Gasteiger partial charge on any atom is -0.449 e. The van der Waals surface area contributed by atoms with Gasteiger partial charge in [-0.25, -0.2) is 18.9 Å². The van der Waals surface area contributed by atoms with Crippen LogP contribution in [0.15, 0.2) is 42.7 Å². The van der Waals surface area contributed by atoms with E-state index < -0.39 is 23.8 Å². The molecule has 3 rings (SSSR count). The quantitative estimate of drug-likeness (QED) is 0.696. The molecule has 3 aromatic rings. The molecule has 1 N–H and O–H groups in total. The predicted molar refractivity (Wildman–Crippen MR) is 97.8 cm³/mol. The average molecular weight is 370 g/mol. The van der Waals surface area contributed by atoms with Crippen molar-refractivity contribution < 1.29 is 18.7 Å². The molecule has 0 unspecified atom stereocenters. The molecule has 1 atom stereocenters. The second-order valence-corrected chi connectivity index (χ2v) is 6.37. The average Bonchev–Trinajstić information content (AvgIpc) is 3.05. The van der Waals surface area contributed by atoms with Gasteiger partial charge in [0.2, 0.25) is 0 Å². The molecule has 0 spiro atoms. The zero-order valence-electron chi connectivity index (χ0n) is 15.1. The first-order valence-electron chi connectivity index (χ1n) is 8.46. The van der Waals surface area contributed by atoms with Crippen molar-refractivity contribution in [3.63, 3.8) is 0 Å². The highest BCUT2D eigenvalue weighted by Crippen LogP contribution is 2.17. The molecule has 0 aliphatic heterocycles. The molecule has 0 aliphatic carbocycles. The first-order chi connectivity index (χ1) is 12.8. The lowest BCUT2D eigenvalue weighted by Crippen LogP contribution is -2.30. The highest BCUT2D eigenvalue weighted by atomic mass is 19.1. The summed E-state index contributed by atoms with van der Waals surface area (Å²) in [5.74, 6) is -1.71. The van der Waals surface area contributed by atoms with Crippen molar-refractivity contribution in [2.24, 2.45) is 0 Å². The van der Waals surface area contributed by atoms with E-state index in [1.165, 1.54) is 31.3 Å². The van der Waals surface area contributed by atoms with Gasteiger partial charge in [0, 0.05) is 23.3 Å². The van der Waals surface area contributed by atoms with Crippen LogP contribution in [0.4, 0.5) is 10.1 Å². The van der Waals surface area contributed by atoms with E-state index in [0.717, 1.165) is 0 Å². The SMILES string of the molecule is CC(C)n1ncc2cc(C(=O)O[C@@H](C)C(=O)Nc3cccc(F)c3)cnc21. The third kappa shape index (κ3) is 4.11. The summed E-state index contributed by atoms with van der Waals surface area (Å²) in [7, 11) is 0. The van der Waals surface area contributed by atoms with Crippen molar-refractivity contribution in [3.8, 4) is 0 Å². The molecule has 0 bridgehead atoms. The number of rotatable bonds is 5. The Bertz CT molecular complexity index is 1000. The van der Waals surface area contributed by atoms with Gasteiger partial charge in [-0.15, -0.1) is 0 Å².